The molecule has 1 aliphatic rings. The molecule has 0 saturated heterocycles. The Kier molecular flexibility index (Phi) is 7.06. The van der Waals surface area contributed by atoms with E-state index in [-0.39, 0.29) is 19.0 Å². The lowest BCUT2D eigenvalue weighted by atomic mass is 10.1. The van der Waals surface area contributed by atoms with Gasteiger partial charge in [-0.1, -0.05) is 30.3 Å². The number of nitrogens with zero attached hydrogens (tertiary/aromatic N) is 3. The third kappa shape index (κ3) is 4.78. The van der Waals surface area contributed by atoms with Gasteiger partial charge in [0.2, 0.25) is 5.95 Å². The van der Waals surface area contributed by atoms with Gasteiger partial charge >= 0.3 is 0 Å². The van der Waals surface area contributed by atoms with Crippen LogP contribution in [0.1, 0.15) is 6.42 Å². The van der Waals surface area contributed by atoms with Crippen molar-refractivity contribution in [2.24, 2.45) is 5.92 Å². The van der Waals surface area contributed by atoms with Crippen LogP contribution in [0.4, 0.5) is 17.5 Å². The molecule has 0 amide bonds. The summed E-state index contributed by atoms with van der Waals surface area (Å²) in [4.78, 5) is 13.9. The summed E-state index contributed by atoms with van der Waals surface area (Å²) in [6.45, 7) is -0.189. The monoisotopic (exact) mass is 485 g/mol. The minimum Gasteiger partial charge on any atom is -0.396 e. The molecule has 1 saturated carbocycles. The van der Waals surface area contributed by atoms with Crippen molar-refractivity contribution in [2.75, 3.05) is 17.2 Å². The van der Waals surface area contributed by atoms with Crippen LogP contribution in [-0.2, 0) is 0 Å². The maximum atomic E-state index is 10.5. The van der Waals surface area contributed by atoms with Crippen LogP contribution >= 0.6 is 23.7 Å². The number of hydrogen-bond donors (Lipinski definition) is 5. The van der Waals surface area contributed by atoms with Crippen LogP contribution in [0.25, 0.3) is 20.8 Å². The molecule has 4 atom stereocenters. The Hall–Kier alpha value is -2.82. The first kappa shape index (κ1) is 23.3. The van der Waals surface area contributed by atoms with Crippen molar-refractivity contribution in [2.45, 2.75) is 24.7 Å². The van der Waals surface area contributed by atoms with Crippen molar-refractivity contribution < 1.29 is 15.3 Å². The average Bonchev–Trinajstić information content (AvgIpc) is 3.36. The molecule has 8 nitrogen and oxygen atoms in total. The van der Waals surface area contributed by atoms with Crippen LogP contribution in [0.15, 0.2) is 60.8 Å². The fourth-order valence-corrected chi connectivity index (χ4v) is 4.95. The zero-order valence-corrected chi connectivity index (χ0v) is 19.1. The predicted molar refractivity (Wildman–Crippen MR) is 132 cm³/mol. The molecule has 4 aromatic rings. The fraction of sp³-hybridized carbons (Fsp3) is 0.261. The van der Waals surface area contributed by atoms with Gasteiger partial charge in [0, 0.05) is 24.4 Å². The minimum absolute atomic E-state index is 0. The predicted octanol–water partition coefficient (Wildman–Crippen LogP) is 3.43. The summed E-state index contributed by atoms with van der Waals surface area (Å²) in [5, 5.41) is 37.5. The molecule has 5 N–H and O–H groups in total. The fourth-order valence-electron chi connectivity index (χ4n) is 3.97. The lowest BCUT2D eigenvalue weighted by molar-refractivity contribution is 0.00446. The highest BCUT2D eigenvalue weighted by molar-refractivity contribution is 7.21. The van der Waals surface area contributed by atoms with Gasteiger partial charge in [-0.25, -0.2) is 9.97 Å². The van der Waals surface area contributed by atoms with Gasteiger partial charge in [0.15, 0.2) is 0 Å². The zero-order chi connectivity index (χ0) is 22.1. The second-order valence-electron chi connectivity index (χ2n) is 7.84. The van der Waals surface area contributed by atoms with Crippen molar-refractivity contribution in [1.29, 1.82) is 0 Å². The molecule has 0 aliphatic heterocycles. The summed E-state index contributed by atoms with van der Waals surface area (Å²) in [6, 6.07) is 17.0. The van der Waals surface area contributed by atoms with Crippen LogP contribution in [0, 0.1) is 5.92 Å². The van der Waals surface area contributed by atoms with Crippen molar-refractivity contribution in [3.8, 4) is 10.6 Å². The van der Waals surface area contributed by atoms with Crippen molar-refractivity contribution >= 4 is 51.4 Å². The number of fused-ring (bicyclic) bond motifs is 1. The largest absolute Gasteiger partial charge is 0.396 e. The Morgan fingerprint density at radius 1 is 0.970 bits per heavy atom. The first-order valence-corrected chi connectivity index (χ1v) is 11.2. The van der Waals surface area contributed by atoms with E-state index in [0.29, 0.717) is 23.8 Å². The Balaban J connectivity index is 0.00000259. The van der Waals surface area contributed by atoms with Gasteiger partial charge in [-0.2, -0.15) is 4.98 Å². The van der Waals surface area contributed by atoms with E-state index in [9.17, 15) is 15.3 Å². The topological polar surface area (TPSA) is 123 Å². The highest BCUT2D eigenvalue weighted by atomic mass is 35.5. The molecule has 1 aliphatic carbocycles. The molecule has 2 heterocycles. The van der Waals surface area contributed by atoms with E-state index in [0.717, 1.165) is 20.9 Å². The van der Waals surface area contributed by atoms with Gasteiger partial charge in [-0.3, -0.25) is 0 Å². The van der Waals surface area contributed by atoms with E-state index in [1.807, 2.05) is 54.6 Å². The number of para-hydroxylation sites is 2. The van der Waals surface area contributed by atoms with Crippen molar-refractivity contribution in [3.05, 3.63) is 60.8 Å². The molecular formula is C23H24ClN5O3S. The number of aliphatic hydroxyl groups excluding tert-OH is 3. The van der Waals surface area contributed by atoms with E-state index in [4.69, 9.17) is 4.98 Å². The lowest BCUT2D eigenvalue weighted by Crippen LogP contribution is -2.35. The average molecular weight is 486 g/mol. The van der Waals surface area contributed by atoms with Crippen LogP contribution < -0.4 is 10.6 Å². The second kappa shape index (κ2) is 9.98. The molecule has 0 spiro atoms. The van der Waals surface area contributed by atoms with Gasteiger partial charge in [0.25, 0.3) is 0 Å². The van der Waals surface area contributed by atoms with Gasteiger partial charge in [0.05, 0.1) is 27.9 Å². The highest BCUT2D eigenvalue weighted by Crippen LogP contribution is 2.36. The van der Waals surface area contributed by atoms with Crippen molar-refractivity contribution in [1.82, 2.24) is 15.0 Å². The number of nitrogens with one attached hydrogen (secondary N) is 2. The number of aliphatic hydroxyl groups is 3. The van der Waals surface area contributed by atoms with Gasteiger partial charge < -0.3 is 26.0 Å². The molecule has 33 heavy (non-hydrogen) atoms. The van der Waals surface area contributed by atoms with Crippen LogP contribution in [-0.4, -0.2) is 55.1 Å². The first-order chi connectivity index (χ1) is 15.6. The Morgan fingerprint density at radius 2 is 1.73 bits per heavy atom. The van der Waals surface area contributed by atoms with Gasteiger partial charge in [-0.15, -0.1) is 23.7 Å². The second-order valence-corrected chi connectivity index (χ2v) is 8.87. The normalized spacial score (nSPS) is 22.2. The summed E-state index contributed by atoms with van der Waals surface area (Å²) in [5.74, 6) is 0.514. The number of anilines is 3. The van der Waals surface area contributed by atoms with E-state index < -0.39 is 24.2 Å². The maximum absolute atomic E-state index is 10.5. The quantitative estimate of drug-likeness (QED) is 0.281. The van der Waals surface area contributed by atoms with Crippen LogP contribution in [0.3, 0.4) is 0 Å². The SMILES string of the molecule is Cl.OC[C@H]1C[C@@H](Nc2nc(Nc3ccccc3)ncc2-c2nc3ccccc3s2)[C@H](O)[C@@H]1O. The maximum Gasteiger partial charge on any atom is 0.229 e. The molecule has 0 unspecified atom stereocenters. The van der Waals surface area contributed by atoms with Crippen LogP contribution in [0.2, 0.25) is 0 Å². The summed E-state index contributed by atoms with van der Waals surface area (Å²) >= 11 is 1.54. The summed E-state index contributed by atoms with van der Waals surface area (Å²) in [5.41, 5.74) is 2.45. The van der Waals surface area contributed by atoms with E-state index in [1.165, 1.54) is 11.3 Å². The Labute approximate surface area is 200 Å². The number of aromatic nitrogens is 3. The van der Waals surface area contributed by atoms with Crippen LogP contribution in [0.5, 0.6) is 0 Å². The van der Waals surface area contributed by atoms with Gasteiger partial charge in [-0.05, 0) is 30.7 Å². The molecule has 0 radical (unpaired) electrons. The number of thiazole rings is 1. The molecule has 172 valence electrons. The molecule has 5 rings (SSSR count). The van der Waals surface area contributed by atoms with E-state index in [1.54, 1.807) is 6.20 Å². The van der Waals surface area contributed by atoms with E-state index >= 15 is 0 Å². The molecule has 0 bridgehead atoms. The summed E-state index contributed by atoms with van der Waals surface area (Å²) in [7, 11) is 0. The molecule has 1 fully saturated rings. The third-order valence-electron chi connectivity index (χ3n) is 5.70. The molecule has 10 heteroatoms. The summed E-state index contributed by atoms with van der Waals surface area (Å²) < 4.78 is 1.05. The number of benzene rings is 2. The first-order valence-electron chi connectivity index (χ1n) is 10.4. The van der Waals surface area contributed by atoms with Crippen molar-refractivity contribution in [3.63, 3.8) is 0 Å². The number of hydrogen-bond acceptors (Lipinski definition) is 9. The number of rotatable bonds is 6. The van der Waals surface area contributed by atoms with Gasteiger partial charge in [0.1, 0.15) is 16.9 Å². The number of halogens is 1. The molecule has 2 aromatic carbocycles. The standard InChI is InChI=1S/C23H23N5O3S.ClH/c29-12-13-10-17(20(31)19(13)30)26-21-15(22-27-16-8-4-5-9-18(16)32-22)11-24-23(28-21)25-14-6-2-1-3-7-14;/h1-9,11,13,17,19-20,29-31H,10,12H2,(H2,24,25,26,28);1H/t13-,17-,19-,20+;/m1./s1. The highest BCUT2D eigenvalue weighted by Gasteiger charge is 2.41. The zero-order valence-electron chi connectivity index (χ0n) is 17.5. The van der Waals surface area contributed by atoms with E-state index in [2.05, 4.69) is 20.6 Å². The molecular weight excluding hydrogens is 462 g/mol. The third-order valence-corrected chi connectivity index (χ3v) is 6.77. The Bertz CT molecular complexity index is 1190. The Morgan fingerprint density at radius 3 is 2.45 bits per heavy atom. The molecule has 2 aromatic heterocycles. The smallest absolute Gasteiger partial charge is 0.229 e. The lowest BCUT2D eigenvalue weighted by Gasteiger charge is -2.20. The summed E-state index contributed by atoms with van der Waals surface area (Å²) in [6.07, 6.45) is 0.117. The minimum atomic E-state index is -1.02.